The van der Waals surface area contributed by atoms with Crippen molar-refractivity contribution in [3.63, 3.8) is 0 Å². The van der Waals surface area contributed by atoms with Gasteiger partial charge in [-0.15, -0.1) is 11.8 Å². The fourth-order valence-corrected chi connectivity index (χ4v) is 4.50. The van der Waals surface area contributed by atoms with Gasteiger partial charge in [0.25, 0.3) is 0 Å². The normalized spacial score (nSPS) is 10.9. The molecule has 0 radical (unpaired) electrons. The number of Topliss-reactive ketones (excluding diaryl/α,β-unsaturated/α-hetero) is 1. The van der Waals surface area contributed by atoms with Crippen molar-refractivity contribution >= 4 is 17.5 Å². The topological polar surface area (TPSA) is 61.6 Å². The molecule has 5 nitrogen and oxygen atoms in total. The Labute approximate surface area is 200 Å². The molecule has 0 spiro atoms. The Morgan fingerprint density at radius 1 is 1.03 bits per heavy atom. The molecule has 0 unspecified atom stereocenters. The maximum Gasteiger partial charge on any atom is 0.226 e. The number of hydrogen-bond acceptors (Lipinski definition) is 6. The summed E-state index contributed by atoms with van der Waals surface area (Å²) in [6.45, 7) is 9.10. The molecule has 2 aromatic carbocycles. The van der Waals surface area contributed by atoms with E-state index in [1.165, 1.54) is 0 Å². The van der Waals surface area contributed by atoms with E-state index in [0.29, 0.717) is 37.0 Å². The highest BCUT2D eigenvalue weighted by Gasteiger charge is 2.14. The molecule has 1 aromatic heterocycles. The summed E-state index contributed by atoms with van der Waals surface area (Å²) in [5.41, 5.74) is 4.21. The van der Waals surface area contributed by atoms with Gasteiger partial charge in [0.15, 0.2) is 11.5 Å². The Kier molecular flexibility index (Phi) is 9.43. The summed E-state index contributed by atoms with van der Waals surface area (Å²) in [5.74, 6) is 4.42. The van der Waals surface area contributed by atoms with Gasteiger partial charge in [-0.25, -0.2) is 4.98 Å². The molecule has 1 heterocycles. The molecule has 33 heavy (non-hydrogen) atoms. The standard InChI is InChI=1S/C27H33NO4S/c1-5-30-25-15-14-21(16-26(25)31-6-2)11-9-12-22(29)17-33-18-24-20(4)32-27(28-24)23-13-8-7-10-19(23)3/h7-8,10,13-16H,5-6,9,11-12,17-18H2,1-4H3. The molecule has 0 N–H and O–H groups in total. The van der Waals surface area contributed by atoms with Gasteiger partial charge in [-0.2, -0.15) is 0 Å². The molecule has 0 saturated heterocycles. The first kappa shape index (κ1) is 24.9. The molecule has 3 aromatic rings. The lowest BCUT2D eigenvalue weighted by atomic mass is 10.1. The van der Waals surface area contributed by atoms with E-state index in [1.54, 1.807) is 11.8 Å². The van der Waals surface area contributed by atoms with E-state index in [1.807, 2.05) is 70.2 Å². The lowest BCUT2D eigenvalue weighted by Crippen LogP contribution is -2.03. The zero-order valence-electron chi connectivity index (χ0n) is 20.0. The molecule has 0 saturated carbocycles. The Hall–Kier alpha value is -2.73. The minimum absolute atomic E-state index is 0.260. The molecule has 176 valence electrons. The van der Waals surface area contributed by atoms with Gasteiger partial charge < -0.3 is 13.9 Å². The number of aromatic nitrogens is 1. The quantitative estimate of drug-likeness (QED) is 0.283. The van der Waals surface area contributed by atoms with Crippen molar-refractivity contribution < 1.29 is 18.7 Å². The third kappa shape index (κ3) is 7.13. The highest BCUT2D eigenvalue weighted by molar-refractivity contribution is 7.99. The molecule has 0 bridgehead atoms. The van der Waals surface area contributed by atoms with Crippen molar-refractivity contribution in [1.29, 1.82) is 0 Å². The summed E-state index contributed by atoms with van der Waals surface area (Å²) >= 11 is 1.60. The third-order valence-corrected chi connectivity index (χ3v) is 6.30. The van der Waals surface area contributed by atoms with Crippen LogP contribution in [0.2, 0.25) is 0 Å². The minimum Gasteiger partial charge on any atom is -0.490 e. The van der Waals surface area contributed by atoms with Crippen LogP contribution in [0.5, 0.6) is 11.5 Å². The Bertz CT molecular complexity index is 1060. The second-order valence-electron chi connectivity index (χ2n) is 7.87. The number of thioether (sulfide) groups is 1. The van der Waals surface area contributed by atoms with Crippen molar-refractivity contribution in [2.75, 3.05) is 19.0 Å². The number of ether oxygens (including phenoxy) is 2. The highest BCUT2D eigenvalue weighted by atomic mass is 32.2. The van der Waals surface area contributed by atoms with Gasteiger partial charge >= 0.3 is 0 Å². The molecular weight excluding hydrogens is 434 g/mol. The maximum absolute atomic E-state index is 12.4. The first-order valence-corrected chi connectivity index (χ1v) is 12.7. The Morgan fingerprint density at radius 2 is 1.79 bits per heavy atom. The van der Waals surface area contributed by atoms with Crippen molar-refractivity contribution in [3.8, 4) is 23.0 Å². The monoisotopic (exact) mass is 467 g/mol. The van der Waals surface area contributed by atoms with Crippen LogP contribution in [0.3, 0.4) is 0 Å². The smallest absolute Gasteiger partial charge is 0.226 e. The number of benzene rings is 2. The summed E-state index contributed by atoms with van der Waals surface area (Å²) < 4.78 is 17.2. The van der Waals surface area contributed by atoms with Crippen LogP contribution in [-0.2, 0) is 17.0 Å². The van der Waals surface area contributed by atoms with Crippen LogP contribution in [0.1, 0.15) is 49.3 Å². The van der Waals surface area contributed by atoms with E-state index < -0.39 is 0 Å². The van der Waals surface area contributed by atoms with Gasteiger partial charge in [-0.05, 0) is 69.9 Å². The van der Waals surface area contributed by atoms with Crippen LogP contribution in [0.4, 0.5) is 0 Å². The number of hydrogen-bond donors (Lipinski definition) is 0. The summed E-state index contributed by atoms with van der Waals surface area (Å²) in [5, 5.41) is 0. The minimum atomic E-state index is 0.260. The molecule has 3 rings (SSSR count). The number of carbonyl (C=O) groups is 1. The fourth-order valence-electron chi connectivity index (χ4n) is 3.56. The van der Waals surface area contributed by atoms with E-state index in [2.05, 4.69) is 4.98 Å². The van der Waals surface area contributed by atoms with Gasteiger partial charge in [0.1, 0.15) is 11.5 Å². The summed E-state index contributed by atoms with van der Waals surface area (Å²) in [6, 6.07) is 14.1. The molecule has 0 amide bonds. The number of aryl methyl sites for hydroxylation is 3. The molecule has 0 aliphatic heterocycles. The van der Waals surface area contributed by atoms with E-state index in [4.69, 9.17) is 13.9 Å². The van der Waals surface area contributed by atoms with Gasteiger partial charge in [0, 0.05) is 17.7 Å². The summed E-state index contributed by atoms with van der Waals surface area (Å²) in [4.78, 5) is 17.0. The van der Waals surface area contributed by atoms with Crippen LogP contribution in [0, 0.1) is 13.8 Å². The second kappa shape index (κ2) is 12.5. The predicted octanol–water partition coefficient (Wildman–Crippen LogP) is 6.58. The Morgan fingerprint density at radius 3 is 2.55 bits per heavy atom. The SMILES string of the molecule is CCOc1ccc(CCCC(=O)CSCc2nc(-c3ccccc3C)oc2C)cc1OCC. The van der Waals surface area contributed by atoms with Gasteiger partial charge in [0.2, 0.25) is 5.89 Å². The maximum atomic E-state index is 12.4. The van der Waals surface area contributed by atoms with Gasteiger partial charge in [-0.3, -0.25) is 4.79 Å². The van der Waals surface area contributed by atoms with E-state index in [0.717, 1.165) is 52.5 Å². The molecular formula is C27H33NO4S. The highest BCUT2D eigenvalue weighted by Crippen LogP contribution is 2.29. The molecule has 6 heteroatoms. The fraction of sp³-hybridized carbons (Fsp3) is 0.407. The lowest BCUT2D eigenvalue weighted by molar-refractivity contribution is -0.116. The largest absolute Gasteiger partial charge is 0.490 e. The number of carbonyl (C=O) groups excluding carboxylic acids is 1. The van der Waals surface area contributed by atoms with E-state index in [-0.39, 0.29) is 5.78 Å². The van der Waals surface area contributed by atoms with Crippen LogP contribution >= 0.6 is 11.8 Å². The molecule has 0 aliphatic carbocycles. The summed E-state index contributed by atoms with van der Waals surface area (Å²) in [7, 11) is 0. The van der Waals surface area contributed by atoms with Gasteiger partial charge in [-0.1, -0.05) is 24.3 Å². The second-order valence-corrected chi connectivity index (χ2v) is 8.85. The Balaban J connectivity index is 1.44. The number of oxazole rings is 1. The van der Waals surface area contributed by atoms with Crippen molar-refractivity contribution in [1.82, 2.24) is 4.98 Å². The predicted molar refractivity (Wildman–Crippen MR) is 134 cm³/mol. The molecule has 0 aliphatic rings. The van der Waals surface area contributed by atoms with Crippen LogP contribution in [0.15, 0.2) is 46.9 Å². The number of nitrogens with zero attached hydrogens (tertiary/aromatic N) is 1. The van der Waals surface area contributed by atoms with Crippen LogP contribution < -0.4 is 9.47 Å². The molecule has 0 fully saturated rings. The summed E-state index contributed by atoms with van der Waals surface area (Å²) in [6.07, 6.45) is 2.22. The lowest BCUT2D eigenvalue weighted by Gasteiger charge is -2.12. The zero-order chi connectivity index (χ0) is 23.6. The zero-order valence-corrected chi connectivity index (χ0v) is 20.8. The average Bonchev–Trinajstić information content (AvgIpc) is 3.16. The number of rotatable bonds is 13. The van der Waals surface area contributed by atoms with Crippen molar-refractivity contribution in [2.24, 2.45) is 0 Å². The van der Waals surface area contributed by atoms with Crippen LogP contribution in [0.25, 0.3) is 11.5 Å². The third-order valence-electron chi connectivity index (χ3n) is 5.30. The first-order chi connectivity index (χ1) is 16.0. The van der Waals surface area contributed by atoms with Crippen LogP contribution in [-0.4, -0.2) is 29.7 Å². The van der Waals surface area contributed by atoms with Crippen molar-refractivity contribution in [3.05, 3.63) is 65.0 Å². The average molecular weight is 468 g/mol. The van der Waals surface area contributed by atoms with Gasteiger partial charge in [0.05, 0.1) is 24.7 Å². The first-order valence-electron chi connectivity index (χ1n) is 11.5. The van der Waals surface area contributed by atoms with E-state index >= 15 is 0 Å². The molecule has 0 atom stereocenters. The van der Waals surface area contributed by atoms with Crippen molar-refractivity contribution in [2.45, 2.75) is 52.7 Å². The number of ketones is 1. The van der Waals surface area contributed by atoms with E-state index in [9.17, 15) is 4.79 Å².